The molecule has 1 rings (SSSR count). The van der Waals surface area contributed by atoms with Crippen molar-refractivity contribution in [3.63, 3.8) is 0 Å². The molecular formula is C15H24N2O. The van der Waals surface area contributed by atoms with Crippen LogP contribution >= 0.6 is 0 Å². The van der Waals surface area contributed by atoms with Gasteiger partial charge in [0.25, 0.3) is 0 Å². The summed E-state index contributed by atoms with van der Waals surface area (Å²) in [5.41, 5.74) is 2.37. The molecule has 0 saturated carbocycles. The Bertz CT molecular complexity index is 394. The summed E-state index contributed by atoms with van der Waals surface area (Å²) in [6.07, 6.45) is 2.64. The van der Waals surface area contributed by atoms with Gasteiger partial charge in [-0.15, -0.1) is 0 Å². The van der Waals surface area contributed by atoms with Gasteiger partial charge < -0.3 is 10.1 Å². The molecule has 0 aliphatic rings. The highest BCUT2D eigenvalue weighted by Crippen LogP contribution is 2.14. The molecule has 1 aromatic heterocycles. The molecule has 0 aliphatic heterocycles. The van der Waals surface area contributed by atoms with Gasteiger partial charge in [0.2, 0.25) is 5.88 Å². The molecule has 3 heteroatoms. The van der Waals surface area contributed by atoms with Crippen LogP contribution in [0.4, 0.5) is 0 Å². The quantitative estimate of drug-likeness (QED) is 0.785. The van der Waals surface area contributed by atoms with Crippen molar-refractivity contribution in [1.82, 2.24) is 10.3 Å². The van der Waals surface area contributed by atoms with Crippen LogP contribution in [0.3, 0.4) is 0 Å². The Kier molecular flexibility index (Phi) is 5.35. The highest BCUT2D eigenvalue weighted by molar-refractivity contribution is 5.25. The smallest absolute Gasteiger partial charge is 0.214 e. The highest BCUT2D eigenvalue weighted by atomic mass is 16.5. The third kappa shape index (κ3) is 5.32. The summed E-state index contributed by atoms with van der Waals surface area (Å²) in [5.74, 6) is 0.681. The van der Waals surface area contributed by atoms with E-state index in [9.17, 15) is 0 Å². The van der Waals surface area contributed by atoms with Crippen LogP contribution in [0, 0.1) is 0 Å². The lowest BCUT2D eigenvalue weighted by molar-refractivity contribution is 0.346. The van der Waals surface area contributed by atoms with E-state index >= 15 is 0 Å². The molecule has 0 saturated heterocycles. The van der Waals surface area contributed by atoms with Crippen molar-refractivity contribution >= 4 is 0 Å². The number of aromatic nitrogens is 1. The second kappa shape index (κ2) is 6.55. The van der Waals surface area contributed by atoms with E-state index in [1.165, 1.54) is 5.56 Å². The van der Waals surface area contributed by atoms with Gasteiger partial charge in [-0.05, 0) is 38.8 Å². The summed E-state index contributed by atoms with van der Waals surface area (Å²) in [7, 11) is 0. The minimum Gasteiger partial charge on any atom is -0.473 e. The zero-order valence-electron chi connectivity index (χ0n) is 11.9. The summed E-state index contributed by atoms with van der Waals surface area (Å²) in [5, 5.41) is 3.47. The van der Waals surface area contributed by atoms with E-state index in [0.29, 0.717) is 12.5 Å². The zero-order chi connectivity index (χ0) is 13.6. The van der Waals surface area contributed by atoms with Gasteiger partial charge in [-0.3, -0.25) is 0 Å². The molecule has 3 nitrogen and oxygen atoms in total. The van der Waals surface area contributed by atoms with E-state index in [1.807, 2.05) is 6.07 Å². The summed E-state index contributed by atoms with van der Waals surface area (Å²) >= 11 is 0. The first kappa shape index (κ1) is 14.7. The van der Waals surface area contributed by atoms with Crippen molar-refractivity contribution in [3.05, 3.63) is 36.0 Å². The molecule has 0 radical (unpaired) electrons. The number of hydrogen-bond donors (Lipinski definition) is 1. The van der Waals surface area contributed by atoms with Gasteiger partial charge in [0.1, 0.15) is 6.61 Å². The Morgan fingerprint density at radius 2 is 2.11 bits per heavy atom. The molecule has 0 aromatic carbocycles. The fourth-order valence-electron chi connectivity index (χ4n) is 1.49. The second-order valence-corrected chi connectivity index (χ2v) is 5.36. The monoisotopic (exact) mass is 248 g/mol. The lowest BCUT2D eigenvalue weighted by Crippen LogP contribution is -2.35. The van der Waals surface area contributed by atoms with Crippen molar-refractivity contribution in [3.8, 4) is 5.88 Å². The van der Waals surface area contributed by atoms with Crippen molar-refractivity contribution in [1.29, 1.82) is 0 Å². The van der Waals surface area contributed by atoms with Gasteiger partial charge in [-0.2, -0.15) is 0 Å². The van der Waals surface area contributed by atoms with Crippen molar-refractivity contribution in [2.24, 2.45) is 0 Å². The van der Waals surface area contributed by atoms with Gasteiger partial charge in [0.15, 0.2) is 0 Å². The average Bonchev–Trinajstić information content (AvgIpc) is 2.32. The molecule has 18 heavy (non-hydrogen) atoms. The van der Waals surface area contributed by atoms with E-state index in [0.717, 1.165) is 18.7 Å². The molecular weight excluding hydrogens is 224 g/mol. The maximum absolute atomic E-state index is 5.51. The first-order valence-corrected chi connectivity index (χ1v) is 6.43. The molecule has 0 aliphatic carbocycles. The number of pyridine rings is 1. The Morgan fingerprint density at radius 3 is 2.67 bits per heavy atom. The van der Waals surface area contributed by atoms with Crippen LogP contribution < -0.4 is 10.1 Å². The number of rotatable bonds is 6. The summed E-state index contributed by atoms with van der Waals surface area (Å²) in [6, 6.07) is 4.11. The van der Waals surface area contributed by atoms with Gasteiger partial charge in [-0.25, -0.2) is 4.98 Å². The van der Waals surface area contributed by atoms with Gasteiger partial charge in [-0.1, -0.05) is 19.6 Å². The lowest BCUT2D eigenvalue weighted by atomic mass is 10.1. The molecule has 0 amide bonds. The van der Waals surface area contributed by atoms with E-state index in [1.54, 1.807) is 6.08 Å². The number of nitrogens with zero attached hydrogens (tertiary/aromatic N) is 1. The van der Waals surface area contributed by atoms with E-state index < -0.39 is 0 Å². The largest absolute Gasteiger partial charge is 0.473 e. The van der Waals surface area contributed by atoms with E-state index in [2.05, 4.69) is 50.6 Å². The highest BCUT2D eigenvalue weighted by Gasteiger charge is 2.09. The maximum Gasteiger partial charge on any atom is 0.214 e. The molecule has 0 spiro atoms. The van der Waals surface area contributed by atoms with Gasteiger partial charge in [0, 0.05) is 23.8 Å². The van der Waals surface area contributed by atoms with Crippen LogP contribution in [0.5, 0.6) is 5.88 Å². The number of nitrogens with one attached hydrogen (secondary N) is 1. The molecule has 1 N–H and O–H groups in total. The minimum absolute atomic E-state index is 0.109. The van der Waals surface area contributed by atoms with Crippen LogP contribution in [0.2, 0.25) is 0 Å². The topological polar surface area (TPSA) is 34.1 Å². The Labute approximate surface area is 110 Å². The standard InChI is InChI=1S/C15H24N2O/c1-6-8-18-14-10-12(9-13(7-2)17-14)11-16-15(3,4)5/h6,9-10,16H,1,7-8,11H2,2-5H3. The van der Waals surface area contributed by atoms with Crippen LogP contribution in [0.15, 0.2) is 24.8 Å². The Morgan fingerprint density at radius 1 is 1.39 bits per heavy atom. The molecule has 1 aromatic rings. The van der Waals surface area contributed by atoms with Crippen LogP contribution in [0.1, 0.15) is 39.0 Å². The summed E-state index contributed by atoms with van der Waals surface area (Å²) in [4.78, 5) is 4.44. The summed E-state index contributed by atoms with van der Waals surface area (Å²) in [6.45, 7) is 13.5. The Hall–Kier alpha value is -1.35. The lowest BCUT2D eigenvalue weighted by Gasteiger charge is -2.21. The first-order chi connectivity index (χ1) is 8.44. The molecule has 100 valence electrons. The van der Waals surface area contributed by atoms with Crippen LogP contribution in [-0.4, -0.2) is 17.1 Å². The minimum atomic E-state index is 0.109. The molecule has 0 unspecified atom stereocenters. The SMILES string of the molecule is C=CCOc1cc(CNC(C)(C)C)cc(CC)n1. The summed E-state index contributed by atoms with van der Waals surface area (Å²) < 4.78 is 5.51. The maximum atomic E-state index is 5.51. The third-order valence-corrected chi connectivity index (χ3v) is 2.45. The zero-order valence-corrected chi connectivity index (χ0v) is 11.9. The average molecular weight is 248 g/mol. The first-order valence-electron chi connectivity index (χ1n) is 6.43. The van der Waals surface area contributed by atoms with E-state index in [4.69, 9.17) is 4.74 Å². The molecule has 1 heterocycles. The van der Waals surface area contributed by atoms with Gasteiger partial charge in [0.05, 0.1) is 0 Å². The predicted octanol–water partition coefficient (Wildman–Crippen LogP) is 3.10. The fourth-order valence-corrected chi connectivity index (χ4v) is 1.49. The van der Waals surface area contributed by atoms with Crippen molar-refractivity contribution in [2.45, 2.75) is 46.2 Å². The predicted molar refractivity (Wildman–Crippen MR) is 75.9 cm³/mol. The molecule has 0 bridgehead atoms. The third-order valence-electron chi connectivity index (χ3n) is 2.45. The number of ether oxygens (including phenoxy) is 1. The van der Waals surface area contributed by atoms with Crippen molar-refractivity contribution < 1.29 is 4.74 Å². The number of aryl methyl sites for hydroxylation is 1. The molecule has 0 atom stereocenters. The van der Waals surface area contributed by atoms with Crippen molar-refractivity contribution in [2.75, 3.05) is 6.61 Å². The van der Waals surface area contributed by atoms with Gasteiger partial charge >= 0.3 is 0 Å². The number of hydrogen-bond acceptors (Lipinski definition) is 3. The van der Waals surface area contributed by atoms with Crippen LogP contribution in [0.25, 0.3) is 0 Å². The second-order valence-electron chi connectivity index (χ2n) is 5.36. The van der Waals surface area contributed by atoms with Crippen LogP contribution in [-0.2, 0) is 13.0 Å². The van der Waals surface area contributed by atoms with E-state index in [-0.39, 0.29) is 5.54 Å². The normalized spacial score (nSPS) is 11.3. The molecule has 0 fully saturated rings. The fraction of sp³-hybridized carbons (Fsp3) is 0.533. The Balaban J connectivity index is 2.79.